The lowest BCUT2D eigenvalue weighted by atomic mass is 10.0. The third kappa shape index (κ3) is 4.90. The second-order valence-electron chi connectivity index (χ2n) is 13.5. The number of benzene rings is 8. The fraction of sp³-hybridized carbons (Fsp3) is 0. The molecule has 0 spiro atoms. The molecule has 11 aromatic rings. The number of nitrogens with zero attached hydrogens (tertiary/aromatic N) is 2. The average Bonchev–Trinajstić information content (AvgIpc) is 3.96. The molecule has 0 saturated heterocycles. The van der Waals surface area contributed by atoms with Crippen LogP contribution in [-0.4, -0.2) is 4.98 Å². The van der Waals surface area contributed by atoms with Crippen molar-refractivity contribution in [3.05, 3.63) is 182 Å². The van der Waals surface area contributed by atoms with Gasteiger partial charge in [0.2, 0.25) is 5.89 Å². The Hall–Kier alpha value is -7.37. The van der Waals surface area contributed by atoms with Gasteiger partial charge in [0.15, 0.2) is 11.2 Å². The van der Waals surface area contributed by atoms with Gasteiger partial charge < -0.3 is 18.2 Å². The highest BCUT2D eigenvalue weighted by atomic mass is 16.4. The number of anilines is 3. The maximum atomic E-state index is 6.55. The molecule has 0 aliphatic heterocycles. The van der Waals surface area contributed by atoms with Crippen LogP contribution in [0.5, 0.6) is 0 Å². The lowest BCUT2D eigenvalue weighted by molar-refractivity contribution is 0.619. The van der Waals surface area contributed by atoms with Gasteiger partial charge in [-0.2, -0.15) is 0 Å². The molecule has 0 fully saturated rings. The predicted octanol–water partition coefficient (Wildman–Crippen LogP) is 14.1. The molecule has 0 N–H and O–H groups in total. The molecule has 0 amide bonds. The second-order valence-corrected chi connectivity index (χ2v) is 13.5. The summed E-state index contributed by atoms with van der Waals surface area (Å²) in [6.45, 7) is 0. The number of hydrogen-bond donors (Lipinski definition) is 0. The SMILES string of the molecule is c1ccc(-c2ccc(N(c3ccc(-c4ccc5c(c4)oc4ccc6oc(-c7ccccc7)nc6c45)cc3)c3cccc4c3oc3ccccc34)cc2)cc1. The summed E-state index contributed by atoms with van der Waals surface area (Å²) in [5.74, 6) is 0.599. The van der Waals surface area contributed by atoms with Crippen LogP contribution in [0.1, 0.15) is 0 Å². The molecule has 5 nitrogen and oxygen atoms in total. The van der Waals surface area contributed by atoms with Crippen LogP contribution in [0.2, 0.25) is 0 Å². The zero-order valence-corrected chi connectivity index (χ0v) is 28.9. The van der Waals surface area contributed by atoms with Crippen LogP contribution < -0.4 is 4.90 Å². The molecule has 0 aliphatic rings. The minimum Gasteiger partial charge on any atom is -0.456 e. The Morgan fingerprint density at radius 2 is 0.981 bits per heavy atom. The number of aromatic nitrogens is 1. The molecular weight excluding hydrogens is 665 g/mol. The third-order valence-corrected chi connectivity index (χ3v) is 10.3. The minimum atomic E-state index is 0.599. The van der Waals surface area contributed by atoms with Crippen LogP contribution in [0.15, 0.2) is 195 Å². The molecule has 3 aromatic heterocycles. The Labute approximate surface area is 309 Å². The van der Waals surface area contributed by atoms with Gasteiger partial charge in [0.05, 0.1) is 11.1 Å². The average molecular weight is 695 g/mol. The van der Waals surface area contributed by atoms with Crippen molar-refractivity contribution >= 4 is 72.0 Å². The number of fused-ring (bicyclic) bond motifs is 8. The van der Waals surface area contributed by atoms with E-state index in [1.165, 1.54) is 11.1 Å². The summed E-state index contributed by atoms with van der Waals surface area (Å²) in [4.78, 5) is 7.18. The Morgan fingerprint density at radius 3 is 1.74 bits per heavy atom. The smallest absolute Gasteiger partial charge is 0.227 e. The maximum Gasteiger partial charge on any atom is 0.227 e. The van der Waals surface area contributed by atoms with E-state index >= 15 is 0 Å². The molecule has 54 heavy (non-hydrogen) atoms. The van der Waals surface area contributed by atoms with Crippen molar-refractivity contribution in [1.82, 2.24) is 4.98 Å². The Kier molecular flexibility index (Phi) is 6.79. The highest BCUT2D eigenvalue weighted by Gasteiger charge is 2.20. The quantitative estimate of drug-likeness (QED) is 0.173. The maximum absolute atomic E-state index is 6.55. The molecule has 0 radical (unpaired) electrons. The van der Waals surface area contributed by atoms with E-state index < -0.39 is 0 Å². The number of oxazole rings is 1. The Morgan fingerprint density at radius 1 is 0.370 bits per heavy atom. The molecular formula is C49H30N2O3. The minimum absolute atomic E-state index is 0.599. The number of para-hydroxylation sites is 2. The summed E-state index contributed by atoms with van der Waals surface area (Å²) in [5, 5.41) is 4.16. The standard InChI is InChI=1S/C49H30N2O3/c1-3-10-31(11-4-1)32-18-23-36(24-19-32)51(41-16-9-15-39-38-14-7-8-17-42(38)53-48(39)41)37-25-20-33(21-26-37)35-22-27-40-45(30-35)52-43-28-29-44-47(46(40)43)50-49(54-44)34-12-5-2-6-13-34/h1-30H. The van der Waals surface area contributed by atoms with E-state index in [-0.39, 0.29) is 0 Å². The molecule has 8 aromatic carbocycles. The van der Waals surface area contributed by atoms with Gasteiger partial charge in [0.1, 0.15) is 22.3 Å². The van der Waals surface area contributed by atoms with Crippen LogP contribution in [0.3, 0.4) is 0 Å². The van der Waals surface area contributed by atoms with Crippen molar-refractivity contribution in [2.24, 2.45) is 0 Å². The number of hydrogen-bond acceptors (Lipinski definition) is 5. The van der Waals surface area contributed by atoms with E-state index in [4.69, 9.17) is 18.2 Å². The largest absolute Gasteiger partial charge is 0.456 e. The number of furan rings is 2. The third-order valence-electron chi connectivity index (χ3n) is 10.3. The fourth-order valence-electron chi connectivity index (χ4n) is 7.71. The predicted molar refractivity (Wildman–Crippen MR) is 220 cm³/mol. The zero-order valence-electron chi connectivity index (χ0n) is 28.9. The van der Waals surface area contributed by atoms with E-state index in [1.54, 1.807) is 0 Å². The highest BCUT2D eigenvalue weighted by molar-refractivity contribution is 6.17. The van der Waals surface area contributed by atoms with Crippen LogP contribution in [-0.2, 0) is 0 Å². The topological polar surface area (TPSA) is 55.6 Å². The van der Waals surface area contributed by atoms with Gasteiger partial charge >= 0.3 is 0 Å². The first kappa shape index (κ1) is 30.3. The zero-order chi connectivity index (χ0) is 35.6. The van der Waals surface area contributed by atoms with Gasteiger partial charge in [-0.1, -0.05) is 109 Å². The van der Waals surface area contributed by atoms with Crippen molar-refractivity contribution in [2.75, 3.05) is 4.90 Å². The van der Waals surface area contributed by atoms with Gasteiger partial charge in [0.25, 0.3) is 0 Å². The summed E-state index contributed by atoms with van der Waals surface area (Å²) in [6.07, 6.45) is 0. The Bertz CT molecular complexity index is 3140. The monoisotopic (exact) mass is 694 g/mol. The second kappa shape index (κ2) is 12.1. The first-order chi connectivity index (χ1) is 26.7. The summed E-state index contributed by atoms with van der Waals surface area (Å²) < 4.78 is 19.1. The van der Waals surface area contributed by atoms with Crippen LogP contribution in [0, 0.1) is 0 Å². The molecule has 11 rings (SSSR count). The lowest BCUT2D eigenvalue weighted by Crippen LogP contribution is -2.10. The van der Waals surface area contributed by atoms with Crippen molar-refractivity contribution in [3.63, 3.8) is 0 Å². The van der Waals surface area contributed by atoms with E-state index in [0.717, 1.165) is 88.7 Å². The van der Waals surface area contributed by atoms with Crippen LogP contribution in [0.25, 0.3) is 88.7 Å². The van der Waals surface area contributed by atoms with Gasteiger partial charge in [-0.25, -0.2) is 4.98 Å². The highest BCUT2D eigenvalue weighted by Crippen LogP contribution is 2.43. The molecule has 0 unspecified atom stereocenters. The molecule has 5 heteroatoms. The van der Waals surface area contributed by atoms with Gasteiger partial charge in [-0.3, -0.25) is 0 Å². The van der Waals surface area contributed by atoms with E-state index in [9.17, 15) is 0 Å². The van der Waals surface area contributed by atoms with Crippen molar-refractivity contribution in [1.29, 1.82) is 0 Å². The molecule has 254 valence electrons. The number of rotatable bonds is 6. The Balaban J connectivity index is 0.997. The first-order valence-corrected chi connectivity index (χ1v) is 18.0. The fourth-order valence-corrected chi connectivity index (χ4v) is 7.71. The molecule has 0 aliphatic carbocycles. The molecule has 3 heterocycles. The van der Waals surface area contributed by atoms with Gasteiger partial charge in [-0.05, 0) is 95.1 Å². The van der Waals surface area contributed by atoms with E-state index in [1.807, 2.05) is 60.7 Å². The van der Waals surface area contributed by atoms with Gasteiger partial charge in [0, 0.05) is 33.1 Å². The summed E-state index contributed by atoms with van der Waals surface area (Å²) in [5.41, 5.74) is 13.3. The molecule has 0 bridgehead atoms. The van der Waals surface area contributed by atoms with Crippen molar-refractivity contribution in [3.8, 4) is 33.7 Å². The lowest BCUT2D eigenvalue weighted by Gasteiger charge is -2.26. The first-order valence-electron chi connectivity index (χ1n) is 18.0. The van der Waals surface area contributed by atoms with Crippen LogP contribution >= 0.6 is 0 Å². The van der Waals surface area contributed by atoms with E-state index in [0.29, 0.717) is 5.89 Å². The normalized spacial score (nSPS) is 11.7. The summed E-state index contributed by atoms with van der Waals surface area (Å²) in [6, 6.07) is 62.8. The molecule has 0 saturated carbocycles. The van der Waals surface area contributed by atoms with Crippen LogP contribution in [0.4, 0.5) is 17.1 Å². The van der Waals surface area contributed by atoms with Gasteiger partial charge in [-0.15, -0.1) is 0 Å². The van der Waals surface area contributed by atoms with E-state index in [2.05, 4.69) is 126 Å². The molecule has 0 atom stereocenters. The van der Waals surface area contributed by atoms with Crippen molar-refractivity contribution < 1.29 is 13.3 Å². The summed E-state index contributed by atoms with van der Waals surface area (Å²) >= 11 is 0. The van der Waals surface area contributed by atoms with Crippen molar-refractivity contribution in [2.45, 2.75) is 0 Å². The summed E-state index contributed by atoms with van der Waals surface area (Å²) in [7, 11) is 0.